The van der Waals surface area contributed by atoms with Gasteiger partial charge in [-0.15, -0.1) is 0 Å². The van der Waals surface area contributed by atoms with E-state index in [1.165, 1.54) is 25.3 Å². The van der Waals surface area contributed by atoms with Gasteiger partial charge in [0, 0.05) is 37.0 Å². The van der Waals surface area contributed by atoms with E-state index in [2.05, 4.69) is 5.32 Å². The molecule has 18 heavy (non-hydrogen) atoms. The van der Waals surface area contributed by atoms with Crippen molar-refractivity contribution in [3.63, 3.8) is 0 Å². The normalized spacial score (nSPS) is 14.5. The first-order chi connectivity index (χ1) is 8.70. The largest absolute Gasteiger partial charge is 0.385 e. The Morgan fingerprint density at radius 3 is 2.89 bits per heavy atom. The first-order valence-electron chi connectivity index (χ1n) is 6.21. The maximum Gasteiger partial charge on any atom is 0.269 e. The summed E-state index contributed by atoms with van der Waals surface area (Å²) in [6, 6.07) is 4.86. The molecule has 98 valence electrons. The molecule has 1 saturated carbocycles. The lowest BCUT2D eigenvalue weighted by molar-refractivity contribution is -0.384. The SMILES string of the molecule is COCc1cc([N+](=O)[O-])ccc1NCCC1CC1. The van der Waals surface area contributed by atoms with E-state index in [-0.39, 0.29) is 10.6 Å². The van der Waals surface area contributed by atoms with Gasteiger partial charge in [0.2, 0.25) is 0 Å². The van der Waals surface area contributed by atoms with E-state index >= 15 is 0 Å². The molecule has 0 aromatic heterocycles. The summed E-state index contributed by atoms with van der Waals surface area (Å²) in [6.45, 7) is 1.30. The molecule has 1 aliphatic rings. The molecule has 1 aliphatic carbocycles. The summed E-state index contributed by atoms with van der Waals surface area (Å²) in [5, 5.41) is 14.1. The number of ether oxygens (including phenoxy) is 1. The van der Waals surface area contributed by atoms with E-state index in [0.717, 1.165) is 23.7 Å². The maximum absolute atomic E-state index is 10.7. The van der Waals surface area contributed by atoms with Crippen LogP contribution in [0.3, 0.4) is 0 Å². The fourth-order valence-electron chi connectivity index (χ4n) is 1.96. The number of nitrogens with one attached hydrogen (secondary N) is 1. The van der Waals surface area contributed by atoms with Crippen LogP contribution in [0.5, 0.6) is 0 Å². The highest BCUT2D eigenvalue weighted by atomic mass is 16.6. The minimum absolute atomic E-state index is 0.106. The molecule has 1 aromatic rings. The first kappa shape index (κ1) is 12.8. The van der Waals surface area contributed by atoms with Crippen molar-refractivity contribution >= 4 is 11.4 Å². The van der Waals surface area contributed by atoms with E-state index in [1.54, 1.807) is 19.2 Å². The summed E-state index contributed by atoms with van der Waals surface area (Å²) in [5.74, 6) is 0.876. The molecular weight excluding hydrogens is 232 g/mol. The Hall–Kier alpha value is -1.62. The fourth-order valence-corrected chi connectivity index (χ4v) is 1.96. The van der Waals surface area contributed by atoms with E-state index in [4.69, 9.17) is 4.74 Å². The minimum atomic E-state index is -0.382. The number of nitro groups is 1. The fraction of sp³-hybridized carbons (Fsp3) is 0.538. The summed E-state index contributed by atoms with van der Waals surface area (Å²) in [5.41, 5.74) is 1.88. The molecular formula is C13H18N2O3. The number of nitro benzene ring substituents is 1. The Kier molecular flexibility index (Phi) is 4.15. The highest BCUT2D eigenvalue weighted by molar-refractivity contribution is 5.55. The van der Waals surface area contributed by atoms with Crippen LogP contribution in [0.4, 0.5) is 11.4 Å². The van der Waals surface area contributed by atoms with Gasteiger partial charge in [0.1, 0.15) is 0 Å². The van der Waals surface area contributed by atoms with Gasteiger partial charge in [0.15, 0.2) is 0 Å². The van der Waals surface area contributed by atoms with E-state index in [0.29, 0.717) is 6.61 Å². The van der Waals surface area contributed by atoms with Crippen LogP contribution in [0.25, 0.3) is 0 Å². The lowest BCUT2D eigenvalue weighted by Gasteiger charge is -2.11. The number of non-ortho nitro benzene ring substituents is 1. The molecule has 0 heterocycles. The van der Waals surface area contributed by atoms with Crippen LogP contribution in [0.15, 0.2) is 18.2 Å². The standard InChI is InChI=1S/C13H18N2O3/c1-18-9-11-8-12(15(16)17)4-5-13(11)14-7-6-10-2-3-10/h4-5,8,10,14H,2-3,6-7,9H2,1H3. The first-order valence-corrected chi connectivity index (χ1v) is 6.21. The van der Waals surface area contributed by atoms with Crippen LogP contribution < -0.4 is 5.32 Å². The third-order valence-electron chi connectivity index (χ3n) is 3.16. The maximum atomic E-state index is 10.7. The molecule has 1 aromatic carbocycles. The van der Waals surface area contributed by atoms with Gasteiger partial charge in [0.05, 0.1) is 11.5 Å². The average Bonchev–Trinajstić information content (AvgIpc) is 3.15. The van der Waals surface area contributed by atoms with Gasteiger partial charge in [-0.05, 0) is 18.4 Å². The van der Waals surface area contributed by atoms with Gasteiger partial charge in [-0.1, -0.05) is 12.8 Å². The molecule has 0 saturated heterocycles. The topological polar surface area (TPSA) is 64.4 Å². The van der Waals surface area contributed by atoms with Gasteiger partial charge >= 0.3 is 0 Å². The molecule has 1 fully saturated rings. The number of nitrogens with zero attached hydrogens (tertiary/aromatic N) is 1. The van der Waals surface area contributed by atoms with Crippen molar-refractivity contribution in [2.24, 2.45) is 5.92 Å². The molecule has 0 amide bonds. The van der Waals surface area contributed by atoms with Crippen LogP contribution in [-0.4, -0.2) is 18.6 Å². The number of anilines is 1. The quantitative estimate of drug-likeness (QED) is 0.597. The zero-order chi connectivity index (χ0) is 13.0. The smallest absolute Gasteiger partial charge is 0.269 e. The van der Waals surface area contributed by atoms with Crippen molar-refractivity contribution < 1.29 is 9.66 Å². The summed E-state index contributed by atoms with van der Waals surface area (Å²) in [4.78, 5) is 10.3. The molecule has 0 bridgehead atoms. The van der Waals surface area contributed by atoms with Crippen LogP contribution in [0.1, 0.15) is 24.8 Å². The third-order valence-corrected chi connectivity index (χ3v) is 3.16. The zero-order valence-electron chi connectivity index (χ0n) is 10.5. The van der Waals surface area contributed by atoms with Crippen molar-refractivity contribution in [2.45, 2.75) is 25.9 Å². The molecule has 0 radical (unpaired) electrons. The van der Waals surface area contributed by atoms with Crippen molar-refractivity contribution in [3.8, 4) is 0 Å². The molecule has 0 unspecified atom stereocenters. The molecule has 0 atom stereocenters. The predicted octanol–water partition coefficient (Wildman–Crippen LogP) is 2.95. The average molecular weight is 250 g/mol. The molecule has 5 heteroatoms. The summed E-state index contributed by atoms with van der Waals surface area (Å²) in [6.07, 6.45) is 3.85. The van der Waals surface area contributed by atoms with E-state index in [1.807, 2.05) is 0 Å². The summed E-state index contributed by atoms with van der Waals surface area (Å²) >= 11 is 0. The number of benzene rings is 1. The molecule has 0 spiro atoms. The lowest BCUT2D eigenvalue weighted by Crippen LogP contribution is -2.06. The van der Waals surface area contributed by atoms with E-state index < -0.39 is 0 Å². The van der Waals surface area contributed by atoms with Gasteiger partial charge in [-0.25, -0.2) is 0 Å². The molecule has 2 rings (SSSR count). The Morgan fingerprint density at radius 2 is 2.28 bits per heavy atom. The predicted molar refractivity (Wildman–Crippen MR) is 69.6 cm³/mol. The third kappa shape index (κ3) is 3.43. The van der Waals surface area contributed by atoms with Crippen LogP contribution in [-0.2, 0) is 11.3 Å². The van der Waals surface area contributed by atoms with Gasteiger partial charge < -0.3 is 10.1 Å². The summed E-state index contributed by atoms with van der Waals surface area (Å²) in [7, 11) is 1.59. The highest BCUT2D eigenvalue weighted by Crippen LogP contribution is 2.32. The van der Waals surface area contributed by atoms with Crippen molar-refractivity contribution in [2.75, 3.05) is 19.0 Å². The minimum Gasteiger partial charge on any atom is -0.385 e. The molecule has 5 nitrogen and oxygen atoms in total. The molecule has 1 N–H and O–H groups in total. The second-order valence-corrected chi connectivity index (χ2v) is 4.69. The second-order valence-electron chi connectivity index (χ2n) is 4.69. The van der Waals surface area contributed by atoms with Crippen LogP contribution in [0.2, 0.25) is 0 Å². The van der Waals surface area contributed by atoms with Crippen LogP contribution in [0, 0.1) is 16.0 Å². The second kappa shape index (κ2) is 5.82. The highest BCUT2D eigenvalue weighted by Gasteiger charge is 2.20. The van der Waals surface area contributed by atoms with E-state index in [9.17, 15) is 10.1 Å². The van der Waals surface area contributed by atoms with Crippen LogP contribution >= 0.6 is 0 Å². The number of hydrogen-bond donors (Lipinski definition) is 1. The van der Waals surface area contributed by atoms with Crippen molar-refractivity contribution in [1.29, 1.82) is 0 Å². The zero-order valence-corrected chi connectivity index (χ0v) is 10.5. The number of methoxy groups -OCH3 is 1. The van der Waals surface area contributed by atoms with Gasteiger partial charge in [-0.3, -0.25) is 10.1 Å². The van der Waals surface area contributed by atoms with Crippen molar-refractivity contribution in [3.05, 3.63) is 33.9 Å². The molecule has 0 aliphatic heterocycles. The number of hydrogen-bond acceptors (Lipinski definition) is 4. The Balaban J connectivity index is 2.03. The Labute approximate surface area is 106 Å². The van der Waals surface area contributed by atoms with Gasteiger partial charge in [-0.2, -0.15) is 0 Å². The monoisotopic (exact) mass is 250 g/mol. The van der Waals surface area contributed by atoms with Gasteiger partial charge in [0.25, 0.3) is 5.69 Å². The van der Waals surface area contributed by atoms with Crippen molar-refractivity contribution in [1.82, 2.24) is 0 Å². The summed E-state index contributed by atoms with van der Waals surface area (Å²) < 4.78 is 5.08. The lowest BCUT2D eigenvalue weighted by atomic mass is 10.1. The Bertz CT molecular complexity index is 430. The Morgan fingerprint density at radius 1 is 1.50 bits per heavy atom. The number of rotatable bonds is 7.